The van der Waals surface area contributed by atoms with E-state index in [9.17, 15) is 0 Å². The third-order valence-corrected chi connectivity index (χ3v) is 6.49. The van der Waals surface area contributed by atoms with Gasteiger partial charge in [-0.05, 0) is 55.1 Å². The molecule has 2 aromatic carbocycles. The van der Waals surface area contributed by atoms with Crippen LogP contribution in [0.15, 0.2) is 103 Å². The molecular formula is C28H33N3. The summed E-state index contributed by atoms with van der Waals surface area (Å²) in [5.74, 6) is 0.759. The normalized spacial score (nSPS) is 23.0. The number of nitrogens with one attached hydrogen (secondary N) is 1. The van der Waals surface area contributed by atoms with Gasteiger partial charge >= 0.3 is 0 Å². The number of fused-ring (bicyclic) bond motifs is 3. The van der Waals surface area contributed by atoms with E-state index in [1.165, 1.54) is 37.1 Å². The fourth-order valence-electron chi connectivity index (χ4n) is 4.63. The molecule has 1 unspecified atom stereocenters. The van der Waals surface area contributed by atoms with Crippen LogP contribution < -0.4 is 10.2 Å². The van der Waals surface area contributed by atoms with Crippen molar-refractivity contribution in [2.75, 3.05) is 31.6 Å². The van der Waals surface area contributed by atoms with Crippen molar-refractivity contribution in [3.63, 3.8) is 0 Å². The van der Waals surface area contributed by atoms with Crippen molar-refractivity contribution in [2.24, 2.45) is 5.92 Å². The van der Waals surface area contributed by atoms with Crippen LogP contribution in [0.4, 0.5) is 5.69 Å². The van der Waals surface area contributed by atoms with Crippen molar-refractivity contribution < 1.29 is 0 Å². The molecule has 0 amide bonds. The lowest BCUT2D eigenvalue weighted by molar-refractivity contribution is 0.0777. The predicted molar refractivity (Wildman–Crippen MR) is 133 cm³/mol. The lowest BCUT2D eigenvalue weighted by Crippen LogP contribution is -2.55. The smallest absolute Gasteiger partial charge is 0.0417 e. The predicted octanol–water partition coefficient (Wildman–Crippen LogP) is 5.61. The van der Waals surface area contributed by atoms with Crippen molar-refractivity contribution >= 4 is 5.69 Å². The van der Waals surface area contributed by atoms with Crippen LogP contribution in [0.1, 0.15) is 12.8 Å². The quantitative estimate of drug-likeness (QED) is 0.569. The first-order valence-electron chi connectivity index (χ1n) is 11.2. The maximum atomic E-state index is 4.38. The first-order valence-corrected chi connectivity index (χ1v) is 11.2. The molecule has 3 heterocycles. The zero-order chi connectivity index (χ0) is 21.6. The highest BCUT2D eigenvalue weighted by atomic mass is 15.2. The molecule has 0 spiro atoms. The van der Waals surface area contributed by atoms with Crippen LogP contribution in [0, 0.1) is 5.92 Å². The van der Waals surface area contributed by atoms with Crippen LogP contribution in [-0.4, -0.2) is 37.6 Å². The van der Waals surface area contributed by atoms with Gasteiger partial charge in [0.25, 0.3) is 0 Å². The van der Waals surface area contributed by atoms with Gasteiger partial charge < -0.3 is 15.1 Å². The molecule has 0 aliphatic carbocycles. The van der Waals surface area contributed by atoms with Crippen molar-refractivity contribution in [3.8, 4) is 11.1 Å². The molecule has 2 aromatic rings. The Hall–Kier alpha value is -3.04. The molecular weight excluding hydrogens is 378 g/mol. The number of piperidine rings is 3. The summed E-state index contributed by atoms with van der Waals surface area (Å²) in [6, 6.07) is 19.6. The molecule has 3 nitrogen and oxygen atoms in total. The van der Waals surface area contributed by atoms with Crippen molar-refractivity contribution in [3.05, 3.63) is 103 Å². The minimum atomic E-state index is 0.492. The standard InChI is InChI=1S/C28H33N3/c1-4-5-9-26(22(2)29-28-21-31-18-16-25(28)17-19-31)20-30(3)27-14-12-24(13-15-27)23-10-7-6-8-11-23/h4-15,20,25,28-29H,1-2,16-19,21H2,3H3/b9-5-,26-20+. The van der Waals surface area contributed by atoms with Gasteiger partial charge in [-0.2, -0.15) is 0 Å². The Morgan fingerprint density at radius 1 is 1.03 bits per heavy atom. The molecule has 31 heavy (non-hydrogen) atoms. The molecule has 3 saturated heterocycles. The minimum Gasteiger partial charge on any atom is -0.381 e. The summed E-state index contributed by atoms with van der Waals surface area (Å²) in [6.45, 7) is 11.8. The van der Waals surface area contributed by atoms with E-state index in [1.54, 1.807) is 0 Å². The monoisotopic (exact) mass is 411 g/mol. The Kier molecular flexibility index (Phi) is 6.73. The van der Waals surface area contributed by atoms with E-state index >= 15 is 0 Å². The van der Waals surface area contributed by atoms with Crippen LogP contribution in [0.5, 0.6) is 0 Å². The number of hydrogen-bond acceptors (Lipinski definition) is 3. The molecule has 0 aromatic heterocycles. The van der Waals surface area contributed by atoms with Gasteiger partial charge in [0.15, 0.2) is 0 Å². The molecule has 1 N–H and O–H groups in total. The first-order chi connectivity index (χ1) is 15.1. The minimum absolute atomic E-state index is 0.492. The van der Waals surface area contributed by atoms with Crippen LogP contribution in [0.25, 0.3) is 11.1 Å². The van der Waals surface area contributed by atoms with Crippen LogP contribution in [0.2, 0.25) is 0 Å². The summed E-state index contributed by atoms with van der Waals surface area (Å²) >= 11 is 0. The van der Waals surface area contributed by atoms with Gasteiger partial charge in [0.2, 0.25) is 0 Å². The maximum absolute atomic E-state index is 4.38. The van der Waals surface area contributed by atoms with Gasteiger partial charge in [-0.25, -0.2) is 0 Å². The van der Waals surface area contributed by atoms with Gasteiger partial charge in [-0.1, -0.05) is 73.9 Å². The van der Waals surface area contributed by atoms with Crippen LogP contribution in [0.3, 0.4) is 0 Å². The number of hydrogen-bond donors (Lipinski definition) is 1. The third-order valence-electron chi connectivity index (χ3n) is 6.49. The summed E-state index contributed by atoms with van der Waals surface area (Å²) in [5.41, 5.74) is 5.65. The number of rotatable bonds is 8. The van der Waals surface area contributed by atoms with Gasteiger partial charge in [-0.3, -0.25) is 0 Å². The van der Waals surface area contributed by atoms with Gasteiger partial charge in [0.05, 0.1) is 0 Å². The Balaban J connectivity index is 1.48. The molecule has 3 fully saturated rings. The van der Waals surface area contributed by atoms with E-state index in [4.69, 9.17) is 0 Å². The van der Waals surface area contributed by atoms with Crippen molar-refractivity contribution in [1.82, 2.24) is 10.2 Å². The van der Waals surface area contributed by atoms with Gasteiger partial charge in [0, 0.05) is 42.8 Å². The average Bonchev–Trinajstić information content (AvgIpc) is 2.83. The summed E-state index contributed by atoms with van der Waals surface area (Å²) in [7, 11) is 2.08. The first kappa shape index (κ1) is 21.2. The van der Waals surface area contributed by atoms with Crippen LogP contribution >= 0.6 is 0 Å². The van der Waals surface area contributed by atoms with E-state index in [1.807, 2.05) is 18.2 Å². The molecule has 3 aliphatic rings. The average molecular weight is 412 g/mol. The highest BCUT2D eigenvalue weighted by molar-refractivity contribution is 5.66. The Labute approximate surface area is 187 Å². The van der Waals surface area contributed by atoms with E-state index in [2.05, 4.69) is 96.1 Å². The zero-order valence-electron chi connectivity index (χ0n) is 18.5. The third kappa shape index (κ3) is 5.18. The zero-order valence-corrected chi connectivity index (χ0v) is 18.5. The van der Waals surface area contributed by atoms with E-state index in [0.717, 1.165) is 29.4 Å². The van der Waals surface area contributed by atoms with Crippen molar-refractivity contribution in [2.45, 2.75) is 18.9 Å². The molecule has 160 valence electrons. The molecule has 0 radical (unpaired) electrons. The summed E-state index contributed by atoms with van der Waals surface area (Å²) in [4.78, 5) is 4.72. The lowest BCUT2D eigenvalue weighted by Gasteiger charge is -2.45. The molecule has 0 saturated carbocycles. The Morgan fingerprint density at radius 3 is 2.32 bits per heavy atom. The topological polar surface area (TPSA) is 18.5 Å². The van der Waals surface area contributed by atoms with Gasteiger partial charge in [0.1, 0.15) is 0 Å². The number of allylic oxidation sites excluding steroid dienone is 3. The molecule has 2 bridgehead atoms. The van der Waals surface area contributed by atoms with E-state index in [0.29, 0.717) is 6.04 Å². The number of anilines is 1. The molecule has 5 rings (SSSR count). The highest BCUT2D eigenvalue weighted by Gasteiger charge is 2.34. The Morgan fingerprint density at radius 2 is 1.71 bits per heavy atom. The van der Waals surface area contributed by atoms with E-state index in [-0.39, 0.29) is 0 Å². The van der Waals surface area contributed by atoms with Crippen LogP contribution in [-0.2, 0) is 0 Å². The highest BCUT2D eigenvalue weighted by Crippen LogP contribution is 2.29. The second kappa shape index (κ2) is 9.84. The molecule has 3 heteroatoms. The second-order valence-electron chi connectivity index (χ2n) is 8.57. The summed E-state index contributed by atoms with van der Waals surface area (Å²) in [5, 5.41) is 3.73. The molecule has 3 aliphatic heterocycles. The SMILES string of the molecule is C=C/C=C\C(=C/N(C)c1ccc(-c2ccccc2)cc1)C(=C)NC1CN2CCC1CC2. The van der Waals surface area contributed by atoms with Gasteiger partial charge in [-0.15, -0.1) is 0 Å². The fraction of sp³-hybridized carbons (Fsp3) is 0.286. The summed E-state index contributed by atoms with van der Waals surface area (Å²) in [6.07, 6.45) is 10.6. The van der Waals surface area contributed by atoms with E-state index < -0.39 is 0 Å². The number of nitrogens with zero attached hydrogens (tertiary/aromatic N) is 2. The summed E-state index contributed by atoms with van der Waals surface area (Å²) < 4.78 is 0. The second-order valence-corrected chi connectivity index (χ2v) is 8.57. The number of benzene rings is 2. The fourth-order valence-corrected chi connectivity index (χ4v) is 4.63. The maximum Gasteiger partial charge on any atom is 0.0417 e. The lowest BCUT2D eigenvalue weighted by atomic mass is 9.84. The van der Waals surface area contributed by atoms with Crippen molar-refractivity contribution in [1.29, 1.82) is 0 Å². The largest absolute Gasteiger partial charge is 0.381 e. The Bertz CT molecular complexity index is 948. The molecule has 1 atom stereocenters.